The van der Waals surface area contributed by atoms with Crippen molar-refractivity contribution >= 4 is 11.6 Å². The molecule has 0 saturated carbocycles. The Kier molecular flexibility index (Phi) is 4.26. The molecule has 29 heavy (non-hydrogen) atoms. The molecule has 0 saturated heterocycles. The van der Waals surface area contributed by atoms with E-state index >= 15 is 0 Å². The van der Waals surface area contributed by atoms with E-state index in [4.69, 9.17) is 16.7 Å². The van der Waals surface area contributed by atoms with E-state index in [2.05, 4.69) is 29.2 Å². The molecular formula is C24H18ClN3O. The van der Waals surface area contributed by atoms with Crippen LogP contribution in [0.2, 0.25) is 5.02 Å². The van der Waals surface area contributed by atoms with Gasteiger partial charge in [0.15, 0.2) is 0 Å². The van der Waals surface area contributed by atoms with Gasteiger partial charge in [0.05, 0.1) is 22.0 Å². The fourth-order valence-corrected chi connectivity index (χ4v) is 4.09. The zero-order chi connectivity index (χ0) is 20.0. The van der Waals surface area contributed by atoms with Crippen LogP contribution in [0.15, 0.2) is 54.7 Å². The minimum atomic E-state index is 0.187. The Labute approximate surface area is 174 Å². The molecule has 142 valence electrons. The highest BCUT2D eigenvalue weighted by Crippen LogP contribution is 2.40. The smallest absolute Gasteiger partial charge is 0.141 e. The second-order valence-electron chi connectivity index (χ2n) is 7.36. The van der Waals surface area contributed by atoms with Gasteiger partial charge >= 0.3 is 0 Å². The number of halogens is 1. The highest BCUT2D eigenvalue weighted by atomic mass is 35.5. The molecule has 2 aromatic heterocycles. The van der Waals surface area contributed by atoms with E-state index in [9.17, 15) is 5.11 Å². The van der Waals surface area contributed by atoms with Crippen LogP contribution >= 0.6 is 11.6 Å². The molecule has 1 unspecified atom stereocenters. The quantitative estimate of drug-likeness (QED) is 0.522. The first-order valence-electron chi connectivity index (χ1n) is 9.51. The van der Waals surface area contributed by atoms with Crippen LogP contribution in [0.5, 0.6) is 5.75 Å². The number of aromatic nitrogens is 3. The summed E-state index contributed by atoms with van der Waals surface area (Å²) in [5, 5.41) is 15.8. The lowest BCUT2D eigenvalue weighted by Gasteiger charge is -2.13. The molecule has 4 nitrogen and oxygen atoms in total. The zero-order valence-corrected chi connectivity index (χ0v) is 16.6. The molecule has 4 aromatic rings. The van der Waals surface area contributed by atoms with E-state index in [0.29, 0.717) is 16.6 Å². The van der Waals surface area contributed by atoms with Gasteiger partial charge in [-0.2, -0.15) is 5.10 Å². The van der Waals surface area contributed by atoms with Crippen molar-refractivity contribution in [3.63, 3.8) is 0 Å². The maximum atomic E-state index is 10.4. The molecular weight excluding hydrogens is 382 g/mol. The van der Waals surface area contributed by atoms with Crippen LogP contribution in [0.4, 0.5) is 0 Å². The van der Waals surface area contributed by atoms with Crippen molar-refractivity contribution in [3.05, 3.63) is 94.4 Å². The van der Waals surface area contributed by atoms with Crippen LogP contribution < -0.4 is 0 Å². The molecule has 2 aromatic carbocycles. The summed E-state index contributed by atoms with van der Waals surface area (Å²) >= 11 is 6.03. The zero-order valence-electron chi connectivity index (χ0n) is 15.9. The molecule has 0 spiro atoms. The number of benzene rings is 1. The Balaban J connectivity index is 1.63. The first kappa shape index (κ1) is 17.8. The van der Waals surface area contributed by atoms with E-state index in [1.165, 1.54) is 11.1 Å². The molecule has 1 atom stereocenters. The molecule has 2 heterocycles. The largest absolute Gasteiger partial charge is 0.506 e. The Bertz CT molecular complexity index is 1180. The molecule has 5 heteroatoms. The summed E-state index contributed by atoms with van der Waals surface area (Å²) in [5.41, 5.74) is 6.88. The number of phenols is 1. The third kappa shape index (κ3) is 3.14. The summed E-state index contributed by atoms with van der Waals surface area (Å²) in [7, 11) is 0. The number of aromatic hydroxyl groups is 1. The summed E-state index contributed by atoms with van der Waals surface area (Å²) in [6, 6.07) is 21.3. The third-order valence-electron chi connectivity index (χ3n) is 5.44. The van der Waals surface area contributed by atoms with Gasteiger partial charge < -0.3 is 5.11 Å². The van der Waals surface area contributed by atoms with Crippen molar-refractivity contribution in [3.8, 4) is 22.7 Å². The van der Waals surface area contributed by atoms with Crippen LogP contribution in [-0.4, -0.2) is 19.9 Å². The standard InChI is InChI=1S/C24H18ClN3O/c1-15-6-7-17(14-26-15)18-12-20-21(13-18)27-28(22-4-2-3-5-23(22)29)24(20)16-8-10-19(25)11-9-16/h2-8,10,14,18,29H,12-13H2,1H3. The molecule has 1 aliphatic rings. The van der Waals surface area contributed by atoms with Gasteiger partial charge in [0.25, 0.3) is 0 Å². The number of nitrogens with zero attached hydrogens (tertiary/aromatic N) is 3. The number of rotatable bonds is 3. The summed E-state index contributed by atoms with van der Waals surface area (Å²) in [5.74, 6) is 0.529. The van der Waals surface area contributed by atoms with Crippen LogP contribution in [-0.2, 0) is 12.8 Å². The van der Waals surface area contributed by atoms with Crippen LogP contribution in [0.3, 0.4) is 0 Å². The van der Waals surface area contributed by atoms with Crippen LogP contribution in [0, 0.1) is 19.1 Å². The van der Waals surface area contributed by atoms with Crippen LogP contribution in [0.1, 0.15) is 28.4 Å². The Hall–Kier alpha value is -3.29. The molecule has 0 fully saturated rings. The topological polar surface area (TPSA) is 50.9 Å². The molecule has 5 rings (SSSR count). The summed E-state index contributed by atoms with van der Waals surface area (Å²) in [4.78, 5) is 4.45. The van der Waals surface area contributed by atoms with Gasteiger partial charge in [-0.1, -0.05) is 35.9 Å². The molecule has 0 amide bonds. The predicted octanol–water partition coefficient (Wildman–Crippen LogP) is 5.08. The van der Waals surface area contributed by atoms with Crippen molar-refractivity contribution in [2.75, 3.05) is 0 Å². The van der Waals surface area contributed by atoms with Crippen molar-refractivity contribution in [1.29, 1.82) is 0 Å². The Morgan fingerprint density at radius 1 is 1.07 bits per heavy atom. The van der Waals surface area contributed by atoms with E-state index in [-0.39, 0.29) is 5.75 Å². The number of aryl methyl sites for hydroxylation is 1. The summed E-state index contributed by atoms with van der Waals surface area (Å²) < 4.78 is 1.82. The lowest BCUT2D eigenvalue weighted by molar-refractivity contribution is 0.470. The first-order chi connectivity index (χ1) is 14.1. The van der Waals surface area contributed by atoms with Gasteiger partial charge in [0, 0.05) is 17.5 Å². The summed E-state index contributed by atoms with van der Waals surface area (Å²) in [6.45, 7) is 1.99. The fraction of sp³-hybridized carbons (Fsp3) is 0.167. The van der Waals surface area contributed by atoms with Gasteiger partial charge in [-0.15, -0.1) is 0 Å². The number of hydrogen-bond donors (Lipinski definition) is 1. The lowest BCUT2D eigenvalue weighted by Crippen LogP contribution is -2.05. The van der Waals surface area contributed by atoms with E-state index in [1.807, 2.05) is 36.0 Å². The summed E-state index contributed by atoms with van der Waals surface area (Å²) in [6.07, 6.45) is 3.66. The van der Waals surface area contributed by atoms with Gasteiger partial charge in [0.1, 0.15) is 11.4 Å². The molecule has 1 N–H and O–H groups in total. The lowest BCUT2D eigenvalue weighted by atomic mass is 9.97. The normalized spacial score (nSPS) is 15.2. The monoisotopic (exact) mass is 399 g/mol. The Morgan fingerprint density at radius 2 is 1.93 bits per heavy atom. The van der Waals surface area contributed by atoms with Gasteiger partial charge in [-0.05, 0) is 67.6 Å². The number of phenolic OH excluding ortho intramolecular Hbond substituents is 1. The van der Waals surface area contributed by atoms with Crippen molar-refractivity contribution < 1.29 is 5.11 Å². The first-order valence-corrected chi connectivity index (χ1v) is 9.89. The van der Waals surface area contributed by atoms with Crippen molar-refractivity contribution in [1.82, 2.24) is 14.8 Å². The minimum absolute atomic E-state index is 0.187. The highest BCUT2D eigenvalue weighted by molar-refractivity contribution is 6.30. The van der Waals surface area contributed by atoms with E-state index in [0.717, 1.165) is 35.5 Å². The predicted molar refractivity (Wildman–Crippen MR) is 112 cm³/mol. The van der Waals surface area contributed by atoms with Gasteiger partial charge in [0.2, 0.25) is 0 Å². The maximum absolute atomic E-state index is 10.4. The number of fused-ring (bicyclic) bond motifs is 1. The van der Waals surface area contributed by atoms with Crippen molar-refractivity contribution in [2.24, 2.45) is 0 Å². The molecule has 1 aliphatic carbocycles. The number of hydrogen-bond acceptors (Lipinski definition) is 3. The molecule has 0 bridgehead atoms. The minimum Gasteiger partial charge on any atom is -0.506 e. The maximum Gasteiger partial charge on any atom is 0.141 e. The average molecular weight is 400 g/mol. The second-order valence-corrected chi connectivity index (χ2v) is 7.76. The van der Waals surface area contributed by atoms with E-state index in [1.54, 1.807) is 18.2 Å². The second kappa shape index (κ2) is 6.95. The van der Waals surface area contributed by atoms with E-state index < -0.39 is 0 Å². The average Bonchev–Trinajstić information content (AvgIpc) is 3.28. The highest BCUT2D eigenvalue weighted by Gasteiger charge is 2.31. The van der Waals surface area contributed by atoms with Gasteiger partial charge in [-0.3, -0.25) is 4.98 Å². The fourth-order valence-electron chi connectivity index (χ4n) is 3.98. The number of pyridine rings is 1. The SMILES string of the molecule is Cc1ccc(C2Cc3nn(-c4ccccc4O)c(-c4c#cc(Cl)cc4)c3C2)cn1. The molecule has 0 radical (unpaired) electrons. The number of para-hydroxylation sites is 2. The van der Waals surface area contributed by atoms with Crippen LogP contribution in [0.25, 0.3) is 16.9 Å². The van der Waals surface area contributed by atoms with Crippen molar-refractivity contribution in [2.45, 2.75) is 25.7 Å². The third-order valence-corrected chi connectivity index (χ3v) is 5.66. The molecule has 0 aliphatic heterocycles. The Morgan fingerprint density at radius 3 is 2.66 bits per heavy atom. The van der Waals surface area contributed by atoms with Gasteiger partial charge in [-0.25, -0.2) is 4.68 Å².